The molecule has 0 unspecified atom stereocenters. The Morgan fingerprint density at radius 3 is 2.53 bits per heavy atom. The second-order valence-electron chi connectivity index (χ2n) is 3.14. The fraction of sp³-hybridized carbons (Fsp3) is 0.200. The summed E-state index contributed by atoms with van der Waals surface area (Å²) in [7, 11) is 0. The minimum atomic E-state index is -0.644. The molecule has 0 atom stereocenters. The molecular weight excluding hydrogens is 224 g/mol. The van der Waals surface area contributed by atoms with E-state index in [0.717, 1.165) is 0 Å². The molecular formula is C10H12N4O3. The van der Waals surface area contributed by atoms with Gasteiger partial charge in [0.25, 0.3) is 5.91 Å². The van der Waals surface area contributed by atoms with Gasteiger partial charge in [0, 0.05) is 6.20 Å². The first kappa shape index (κ1) is 12.6. The van der Waals surface area contributed by atoms with E-state index in [4.69, 9.17) is 5.73 Å². The van der Waals surface area contributed by atoms with Crippen LogP contribution in [0.5, 0.6) is 0 Å². The van der Waals surface area contributed by atoms with E-state index in [-0.39, 0.29) is 18.8 Å². The molecule has 90 valence electrons. The third kappa shape index (κ3) is 4.74. The summed E-state index contributed by atoms with van der Waals surface area (Å²) in [5.74, 6) is -1.60. The highest BCUT2D eigenvalue weighted by Crippen LogP contribution is 1.91. The number of hydrogen-bond donors (Lipinski definition) is 3. The molecule has 4 N–H and O–H groups in total. The number of carbonyl (C=O) groups is 3. The minimum absolute atomic E-state index is 0.218. The smallest absolute Gasteiger partial charge is 0.270 e. The lowest BCUT2D eigenvalue weighted by atomic mass is 10.3. The highest BCUT2D eigenvalue weighted by atomic mass is 16.2. The van der Waals surface area contributed by atoms with Gasteiger partial charge in [-0.3, -0.25) is 19.4 Å². The van der Waals surface area contributed by atoms with Crippen LogP contribution in [0.25, 0.3) is 0 Å². The number of nitrogens with zero attached hydrogens (tertiary/aromatic N) is 1. The van der Waals surface area contributed by atoms with Gasteiger partial charge in [0.1, 0.15) is 5.69 Å². The zero-order chi connectivity index (χ0) is 12.7. The van der Waals surface area contributed by atoms with Gasteiger partial charge in [-0.2, -0.15) is 0 Å². The Hall–Kier alpha value is -2.44. The number of nitrogens with one attached hydrogen (secondary N) is 2. The molecule has 1 aromatic heterocycles. The summed E-state index contributed by atoms with van der Waals surface area (Å²) in [4.78, 5) is 36.8. The van der Waals surface area contributed by atoms with Gasteiger partial charge >= 0.3 is 0 Å². The van der Waals surface area contributed by atoms with Gasteiger partial charge in [-0.05, 0) is 12.1 Å². The van der Waals surface area contributed by atoms with Crippen LogP contribution in [0.1, 0.15) is 10.5 Å². The molecule has 0 saturated carbocycles. The van der Waals surface area contributed by atoms with Gasteiger partial charge in [0.05, 0.1) is 13.1 Å². The van der Waals surface area contributed by atoms with Crippen LogP contribution in [0.3, 0.4) is 0 Å². The van der Waals surface area contributed by atoms with Crippen molar-refractivity contribution in [1.29, 1.82) is 0 Å². The van der Waals surface area contributed by atoms with Crippen molar-refractivity contribution in [2.24, 2.45) is 5.73 Å². The molecule has 0 spiro atoms. The Balaban J connectivity index is 2.34. The molecule has 7 nitrogen and oxygen atoms in total. The summed E-state index contributed by atoms with van der Waals surface area (Å²) >= 11 is 0. The van der Waals surface area contributed by atoms with Gasteiger partial charge in [-0.1, -0.05) is 6.07 Å². The summed E-state index contributed by atoms with van der Waals surface area (Å²) in [5, 5.41) is 4.60. The normalized spacial score (nSPS) is 9.41. The Morgan fingerprint density at radius 2 is 1.94 bits per heavy atom. The molecule has 0 aliphatic rings. The number of primary amides is 1. The summed E-state index contributed by atoms with van der Waals surface area (Å²) in [5.41, 5.74) is 5.05. The number of pyridine rings is 1. The van der Waals surface area contributed by atoms with E-state index in [1.54, 1.807) is 12.1 Å². The molecule has 0 fully saturated rings. The fourth-order valence-electron chi connectivity index (χ4n) is 0.996. The van der Waals surface area contributed by atoms with Gasteiger partial charge < -0.3 is 16.4 Å². The number of amides is 3. The molecule has 1 rings (SSSR count). The van der Waals surface area contributed by atoms with Crippen molar-refractivity contribution in [2.75, 3.05) is 13.1 Å². The summed E-state index contributed by atoms with van der Waals surface area (Å²) in [6, 6.07) is 4.86. The maximum Gasteiger partial charge on any atom is 0.270 e. The number of hydrogen-bond acceptors (Lipinski definition) is 4. The zero-order valence-corrected chi connectivity index (χ0v) is 8.97. The maximum absolute atomic E-state index is 11.4. The standard InChI is InChI=1S/C10H12N4O3/c11-8(15)5-13-9(16)6-14-10(17)7-3-1-2-4-12-7/h1-4H,5-6H2,(H2,11,15)(H,13,16)(H,14,17). The molecule has 0 bridgehead atoms. The van der Waals surface area contributed by atoms with Crippen molar-refractivity contribution in [1.82, 2.24) is 15.6 Å². The van der Waals surface area contributed by atoms with Crippen LogP contribution in [0.15, 0.2) is 24.4 Å². The lowest BCUT2D eigenvalue weighted by Crippen LogP contribution is -2.40. The predicted octanol–water partition coefficient (Wildman–Crippen LogP) is -1.59. The first-order valence-corrected chi connectivity index (χ1v) is 4.84. The fourth-order valence-corrected chi connectivity index (χ4v) is 0.996. The highest BCUT2D eigenvalue weighted by Gasteiger charge is 2.08. The number of carbonyl (C=O) groups excluding carboxylic acids is 3. The molecule has 0 saturated heterocycles. The van der Waals surface area contributed by atoms with Crippen molar-refractivity contribution in [3.05, 3.63) is 30.1 Å². The van der Waals surface area contributed by atoms with E-state index >= 15 is 0 Å². The quantitative estimate of drug-likeness (QED) is 0.572. The topological polar surface area (TPSA) is 114 Å². The Labute approximate surface area is 97.4 Å². The first-order valence-electron chi connectivity index (χ1n) is 4.84. The summed E-state index contributed by atoms with van der Waals surface area (Å²) in [6.45, 7) is -0.485. The van der Waals surface area contributed by atoms with Crippen LogP contribution in [-0.2, 0) is 9.59 Å². The molecule has 0 aliphatic carbocycles. The number of nitrogens with two attached hydrogens (primary N) is 1. The number of rotatable bonds is 5. The van der Waals surface area contributed by atoms with Crippen LogP contribution in [0.4, 0.5) is 0 Å². The van der Waals surface area contributed by atoms with Gasteiger partial charge in [0.15, 0.2) is 0 Å². The van der Waals surface area contributed by atoms with Crippen molar-refractivity contribution in [3.63, 3.8) is 0 Å². The van der Waals surface area contributed by atoms with Crippen molar-refractivity contribution in [2.45, 2.75) is 0 Å². The van der Waals surface area contributed by atoms with Crippen molar-refractivity contribution >= 4 is 17.7 Å². The van der Waals surface area contributed by atoms with E-state index in [9.17, 15) is 14.4 Å². The third-order valence-corrected chi connectivity index (χ3v) is 1.77. The highest BCUT2D eigenvalue weighted by molar-refractivity contribution is 5.95. The van der Waals surface area contributed by atoms with E-state index in [2.05, 4.69) is 15.6 Å². The molecule has 17 heavy (non-hydrogen) atoms. The molecule has 0 aliphatic heterocycles. The lowest BCUT2D eigenvalue weighted by Gasteiger charge is -2.04. The van der Waals surface area contributed by atoms with Crippen LogP contribution in [0.2, 0.25) is 0 Å². The van der Waals surface area contributed by atoms with Gasteiger partial charge in [-0.25, -0.2) is 0 Å². The monoisotopic (exact) mass is 236 g/mol. The van der Waals surface area contributed by atoms with E-state index in [0.29, 0.717) is 0 Å². The van der Waals surface area contributed by atoms with Crippen LogP contribution in [-0.4, -0.2) is 35.8 Å². The molecule has 0 radical (unpaired) electrons. The van der Waals surface area contributed by atoms with Crippen LogP contribution in [0, 0.1) is 0 Å². The zero-order valence-electron chi connectivity index (χ0n) is 8.97. The molecule has 3 amide bonds. The molecule has 1 aromatic rings. The van der Waals surface area contributed by atoms with E-state index < -0.39 is 17.7 Å². The molecule has 1 heterocycles. The average Bonchev–Trinajstić information content (AvgIpc) is 2.34. The van der Waals surface area contributed by atoms with Crippen molar-refractivity contribution < 1.29 is 14.4 Å². The summed E-state index contributed by atoms with van der Waals surface area (Å²) in [6.07, 6.45) is 1.47. The Morgan fingerprint density at radius 1 is 1.18 bits per heavy atom. The van der Waals surface area contributed by atoms with Crippen LogP contribution >= 0.6 is 0 Å². The van der Waals surface area contributed by atoms with Crippen molar-refractivity contribution in [3.8, 4) is 0 Å². The van der Waals surface area contributed by atoms with Crippen LogP contribution < -0.4 is 16.4 Å². The second-order valence-corrected chi connectivity index (χ2v) is 3.14. The lowest BCUT2D eigenvalue weighted by molar-refractivity contribution is -0.124. The third-order valence-electron chi connectivity index (χ3n) is 1.77. The number of aromatic nitrogens is 1. The van der Waals surface area contributed by atoms with Gasteiger partial charge in [-0.15, -0.1) is 0 Å². The second kappa shape index (κ2) is 6.21. The molecule has 7 heteroatoms. The first-order chi connectivity index (χ1) is 8.09. The Kier molecular flexibility index (Phi) is 4.61. The molecule has 0 aromatic carbocycles. The average molecular weight is 236 g/mol. The van der Waals surface area contributed by atoms with Gasteiger partial charge in [0.2, 0.25) is 11.8 Å². The predicted molar refractivity (Wildman–Crippen MR) is 58.8 cm³/mol. The Bertz CT molecular complexity index is 419. The summed E-state index contributed by atoms with van der Waals surface area (Å²) < 4.78 is 0. The minimum Gasteiger partial charge on any atom is -0.368 e. The SMILES string of the molecule is NC(=O)CNC(=O)CNC(=O)c1ccccn1. The largest absolute Gasteiger partial charge is 0.368 e. The maximum atomic E-state index is 11.4. The van der Waals surface area contributed by atoms with E-state index in [1.807, 2.05) is 0 Å². The van der Waals surface area contributed by atoms with E-state index in [1.165, 1.54) is 12.3 Å².